The molecule has 0 aliphatic heterocycles. The predicted octanol–water partition coefficient (Wildman–Crippen LogP) is 4.43. The highest BCUT2D eigenvalue weighted by Crippen LogP contribution is 2.22. The minimum absolute atomic E-state index is 0.0945. The molecule has 0 aliphatic rings. The van der Waals surface area contributed by atoms with Crippen molar-refractivity contribution in [2.24, 2.45) is 0 Å². The van der Waals surface area contributed by atoms with E-state index in [1.54, 1.807) is 23.0 Å². The average molecular weight is 444 g/mol. The fourth-order valence-corrected chi connectivity index (χ4v) is 3.72. The lowest BCUT2D eigenvalue weighted by atomic mass is 9.87. The van der Waals surface area contributed by atoms with Gasteiger partial charge in [-0.2, -0.15) is 5.10 Å². The van der Waals surface area contributed by atoms with Crippen LogP contribution in [0.15, 0.2) is 65.6 Å². The number of fused-ring (bicyclic) bond motifs is 1. The molecule has 0 saturated heterocycles. The van der Waals surface area contributed by atoms with Crippen molar-refractivity contribution in [3.63, 3.8) is 0 Å². The fourth-order valence-electron chi connectivity index (χ4n) is 3.72. The number of amides is 1. The van der Waals surface area contributed by atoms with Gasteiger partial charge in [-0.05, 0) is 35.1 Å². The summed E-state index contributed by atoms with van der Waals surface area (Å²) in [5.74, 6) is 1.16. The summed E-state index contributed by atoms with van der Waals surface area (Å²) < 4.78 is 1.78. The molecule has 7 heteroatoms. The number of hydrogen-bond donors (Lipinski definition) is 2. The largest absolute Gasteiger partial charge is 0.311 e. The molecule has 2 heterocycles. The smallest absolute Gasteiger partial charge is 0.258 e. The van der Waals surface area contributed by atoms with E-state index in [0.29, 0.717) is 48.4 Å². The Balaban J connectivity index is 1.33. The zero-order valence-electron chi connectivity index (χ0n) is 19.3. The van der Waals surface area contributed by atoms with E-state index in [0.717, 1.165) is 5.56 Å². The zero-order chi connectivity index (χ0) is 23.4. The third-order valence-electron chi connectivity index (χ3n) is 5.62. The summed E-state index contributed by atoms with van der Waals surface area (Å²) in [6.07, 6.45) is 3.10. The average Bonchev–Trinajstić information content (AvgIpc) is 3.20. The second-order valence-electron chi connectivity index (χ2n) is 9.25. The molecule has 0 saturated carbocycles. The maximum Gasteiger partial charge on any atom is 0.258 e. The van der Waals surface area contributed by atoms with Crippen molar-refractivity contribution in [3.8, 4) is 0 Å². The van der Waals surface area contributed by atoms with Crippen molar-refractivity contribution in [1.82, 2.24) is 19.7 Å². The van der Waals surface area contributed by atoms with Gasteiger partial charge in [0.2, 0.25) is 5.91 Å². The van der Waals surface area contributed by atoms with Crippen LogP contribution < -0.4 is 10.9 Å². The minimum atomic E-state index is -0.153. The highest BCUT2D eigenvalue weighted by atomic mass is 16.1. The topological polar surface area (TPSA) is 92.7 Å². The molecule has 2 aromatic carbocycles. The number of carbonyl (C=O) groups excluding carboxylic acids is 1. The molecule has 0 spiro atoms. The van der Waals surface area contributed by atoms with Crippen LogP contribution in [0, 0.1) is 0 Å². The summed E-state index contributed by atoms with van der Waals surface area (Å²) in [5, 5.41) is 7.87. The Labute approximate surface area is 192 Å². The van der Waals surface area contributed by atoms with E-state index < -0.39 is 0 Å². The van der Waals surface area contributed by atoms with Crippen molar-refractivity contribution in [2.45, 2.75) is 52.0 Å². The van der Waals surface area contributed by atoms with Crippen molar-refractivity contribution in [1.29, 1.82) is 0 Å². The van der Waals surface area contributed by atoms with Gasteiger partial charge in [0.05, 0.1) is 23.6 Å². The lowest BCUT2D eigenvalue weighted by Crippen LogP contribution is -2.17. The Morgan fingerprint density at radius 3 is 2.58 bits per heavy atom. The SMILES string of the molecule is CC(C)(C)c1ccc(Cn2nccc2NC(=O)CCCc2nc3ccccc3c(=O)[nH]2)cc1. The molecule has 4 rings (SSSR count). The van der Waals surface area contributed by atoms with Crippen LogP contribution in [-0.2, 0) is 23.2 Å². The number of carbonyl (C=O) groups is 1. The Bertz CT molecular complexity index is 1310. The first-order chi connectivity index (χ1) is 15.8. The fraction of sp³-hybridized carbons (Fsp3) is 0.308. The number of nitrogens with zero attached hydrogens (tertiary/aromatic N) is 3. The molecule has 7 nitrogen and oxygen atoms in total. The van der Waals surface area contributed by atoms with E-state index in [1.165, 1.54) is 5.56 Å². The molecule has 0 radical (unpaired) electrons. The van der Waals surface area contributed by atoms with Crippen LogP contribution in [0.5, 0.6) is 0 Å². The number of aryl methyl sites for hydroxylation is 1. The monoisotopic (exact) mass is 443 g/mol. The lowest BCUT2D eigenvalue weighted by molar-refractivity contribution is -0.116. The summed E-state index contributed by atoms with van der Waals surface area (Å²) in [7, 11) is 0. The van der Waals surface area contributed by atoms with Gasteiger partial charge in [0.1, 0.15) is 11.6 Å². The quantitative estimate of drug-likeness (QED) is 0.442. The molecule has 4 aromatic rings. The lowest BCUT2D eigenvalue weighted by Gasteiger charge is -2.19. The van der Waals surface area contributed by atoms with E-state index in [4.69, 9.17) is 0 Å². The summed E-state index contributed by atoms with van der Waals surface area (Å²) in [5.41, 5.74) is 3.02. The molecule has 0 fully saturated rings. The van der Waals surface area contributed by atoms with Crippen LogP contribution in [0.3, 0.4) is 0 Å². The van der Waals surface area contributed by atoms with Crippen LogP contribution in [0.25, 0.3) is 10.9 Å². The first-order valence-electron chi connectivity index (χ1n) is 11.2. The van der Waals surface area contributed by atoms with Gasteiger partial charge in [0, 0.05) is 18.9 Å². The highest BCUT2D eigenvalue weighted by molar-refractivity contribution is 5.89. The van der Waals surface area contributed by atoms with Gasteiger partial charge in [-0.15, -0.1) is 0 Å². The van der Waals surface area contributed by atoms with E-state index in [9.17, 15) is 9.59 Å². The van der Waals surface area contributed by atoms with Gasteiger partial charge >= 0.3 is 0 Å². The first-order valence-corrected chi connectivity index (χ1v) is 11.2. The molecular weight excluding hydrogens is 414 g/mol. The number of H-pyrrole nitrogens is 1. The molecule has 170 valence electrons. The van der Waals surface area contributed by atoms with Crippen LogP contribution >= 0.6 is 0 Å². The van der Waals surface area contributed by atoms with Crippen molar-refractivity contribution >= 4 is 22.6 Å². The number of benzene rings is 2. The second kappa shape index (κ2) is 9.40. The van der Waals surface area contributed by atoms with E-state index in [-0.39, 0.29) is 16.9 Å². The number of aromatic nitrogens is 4. The van der Waals surface area contributed by atoms with Crippen LogP contribution in [0.1, 0.15) is 50.6 Å². The van der Waals surface area contributed by atoms with E-state index in [2.05, 4.69) is 65.4 Å². The number of hydrogen-bond acceptors (Lipinski definition) is 4. The van der Waals surface area contributed by atoms with Gasteiger partial charge in [-0.3, -0.25) is 9.59 Å². The highest BCUT2D eigenvalue weighted by Gasteiger charge is 2.14. The summed E-state index contributed by atoms with van der Waals surface area (Å²) in [4.78, 5) is 32.0. The third kappa shape index (κ3) is 5.55. The number of para-hydroxylation sites is 1. The number of rotatable bonds is 7. The number of nitrogens with one attached hydrogen (secondary N) is 2. The maximum atomic E-state index is 12.5. The molecule has 0 atom stereocenters. The number of aromatic amines is 1. The van der Waals surface area contributed by atoms with Gasteiger partial charge in [-0.1, -0.05) is 57.2 Å². The van der Waals surface area contributed by atoms with Gasteiger partial charge in [-0.25, -0.2) is 9.67 Å². The normalized spacial score (nSPS) is 11.6. The van der Waals surface area contributed by atoms with Crippen LogP contribution in [0.4, 0.5) is 5.82 Å². The molecular formula is C26H29N5O2. The summed E-state index contributed by atoms with van der Waals surface area (Å²) in [6, 6.07) is 17.5. The zero-order valence-corrected chi connectivity index (χ0v) is 19.3. The Hall–Kier alpha value is -3.74. The van der Waals surface area contributed by atoms with E-state index in [1.807, 2.05) is 18.2 Å². The van der Waals surface area contributed by atoms with E-state index >= 15 is 0 Å². The Kier molecular flexibility index (Phi) is 6.40. The molecule has 0 unspecified atom stereocenters. The van der Waals surface area contributed by atoms with Gasteiger partial charge in [0.15, 0.2) is 0 Å². The summed E-state index contributed by atoms with van der Waals surface area (Å²) >= 11 is 0. The minimum Gasteiger partial charge on any atom is -0.311 e. The van der Waals surface area contributed by atoms with Crippen LogP contribution in [-0.4, -0.2) is 25.7 Å². The molecule has 2 aromatic heterocycles. The molecule has 0 bridgehead atoms. The molecule has 2 N–H and O–H groups in total. The maximum absolute atomic E-state index is 12.5. The van der Waals surface area contributed by atoms with Crippen molar-refractivity contribution in [3.05, 3.63) is 88.1 Å². The second-order valence-corrected chi connectivity index (χ2v) is 9.25. The standard InChI is InChI=1S/C26H29N5O2/c1-26(2,3)19-13-11-18(12-14-19)17-31-23(15-16-27-31)30-24(32)10-6-9-22-28-21-8-5-4-7-20(21)25(33)29-22/h4-5,7-8,11-16H,6,9-10,17H2,1-3H3,(H,30,32)(H,28,29,33). The Morgan fingerprint density at radius 2 is 1.82 bits per heavy atom. The molecule has 1 amide bonds. The predicted molar refractivity (Wildman–Crippen MR) is 130 cm³/mol. The van der Waals surface area contributed by atoms with Gasteiger partial charge < -0.3 is 10.3 Å². The third-order valence-corrected chi connectivity index (χ3v) is 5.62. The summed E-state index contributed by atoms with van der Waals surface area (Å²) in [6.45, 7) is 7.15. The van der Waals surface area contributed by atoms with Crippen molar-refractivity contribution in [2.75, 3.05) is 5.32 Å². The van der Waals surface area contributed by atoms with Crippen molar-refractivity contribution < 1.29 is 4.79 Å². The molecule has 0 aliphatic carbocycles. The first kappa shape index (κ1) is 22.5. The molecule has 33 heavy (non-hydrogen) atoms. The Morgan fingerprint density at radius 1 is 1.06 bits per heavy atom. The van der Waals surface area contributed by atoms with Crippen LogP contribution in [0.2, 0.25) is 0 Å². The number of anilines is 1. The van der Waals surface area contributed by atoms with Gasteiger partial charge in [0.25, 0.3) is 5.56 Å².